The topological polar surface area (TPSA) is 74.5 Å². The number of hydrogen-bond donors (Lipinski definition) is 1. The summed E-state index contributed by atoms with van der Waals surface area (Å²) in [6.07, 6.45) is 6.46. The van der Waals surface area contributed by atoms with Crippen molar-refractivity contribution in [1.82, 2.24) is 19.4 Å². The van der Waals surface area contributed by atoms with Gasteiger partial charge >= 0.3 is 0 Å². The van der Waals surface area contributed by atoms with E-state index in [0.717, 1.165) is 35.4 Å². The molecule has 0 spiro atoms. The number of imidazole rings is 1. The number of aliphatic hydroxyl groups excluding tert-OH is 1. The lowest BCUT2D eigenvalue weighted by atomic mass is 9.95. The first kappa shape index (κ1) is 21.1. The first-order chi connectivity index (χ1) is 14.9. The molecule has 1 aromatic carbocycles. The summed E-state index contributed by atoms with van der Waals surface area (Å²) in [7, 11) is 4.03. The van der Waals surface area contributed by atoms with Crippen molar-refractivity contribution in [2.24, 2.45) is 7.05 Å². The van der Waals surface area contributed by atoms with E-state index < -0.39 is 6.10 Å². The summed E-state index contributed by atoms with van der Waals surface area (Å²) in [6.45, 7) is 4.85. The fourth-order valence-corrected chi connectivity index (χ4v) is 4.12. The van der Waals surface area contributed by atoms with Gasteiger partial charge in [-0.2, -0.15) is 0 Å². The fraction of sp³-hybridized carbons (Fsp3) is 0.375. The van der Waals surface area contributed by atoms with E-state index in [1.165, 1.54) is 23.6 Å². The zero-order valence-electron chi connectivity index (χ0n) is 18.5. The normalized spacial score (nSPS) is 15.1. The molecule has 0 aliphatic carbocycles. The Labute approximate surface area is 182 Å². The fourth-order valence-electron chi connectivity index (χ4n) is 4.12. The third-order valence-corrected chi connectivity index (χ3v) is 6.01. The Morgan fingerprint density at radius 3 is 2.77 bits per heavy atom. The van der Waals surface area contributed by atoms with Gasteiger partial charge in [-0.25, -0.2) is 9.97 Å². The van der Waals surface area contributed by atoms with Crippen molar-refractivity contribution in [3.05, 3.63) is 54.0 Å². The second-order valence-corrected chi connectivity index (χ2v) is 8.08. The quantitative estimate of drug-likeness (QED) is 0.687. The molecule has 1 aliphatic rings. The summed E-state index contributed by atoms with van der Waals surface area (Å²) in [5.74, 6) is 0.669. The van der Waals surface area contributed by atoms with Crippen LogP contribution in [0.2, 0.25) is 0 Å². The van der Waals surface area contributed by atoms with Gasteiger partial charge in [0.25, 0.3) is 5.91 Å². The van der Waals surface area contributed by atoms with Crippen LogP contribution in [0.25, 0.3) is 16.6 Å². The van der Waals surface area contributed by atoms with Crippen LogP contribution in [0.3, 0.4) is 0 Å². The number of pyridine rings is 1. The van der Waals surface area contributed by atoms with Gasteiger partial charge in [-0.1, -0.05) is 19.1 Å². The molecule has 1 aliphatic heterocycles. The van der Waals surface area contributed by atoms with Crippen LogP contribution < -0.4 is 4.90 Å². The van der Waals surface area contributed by atoms with E-state index in [1.807, 2.05) is 24.9 Å². The van der Waals surface area contributed by atoms with Gasteiger partial charge in [-0.3, -0.25) is 4.79 Å². The predicted molar refractivity (Wildman–Crippen MR) is 123 cm³/mol. The summed E-state index contributed by atoms with van der Waals surface area (Å²) in [5.41, 5.74) is 6.74. The zero-order valence-corrected chi connectivity index (χ0v) is 18.5. The number of nitrogens with zero attached hydrogens (tertiary/aromatic N) is 5. The highest BCUT2D eigenvalue weighted by molar-refractivity contribution is 5.82. The Bertz CT molecular complexity index is 1150. The van der Waals surface area contributed by atoms with Gasteiger partial charge in [0.15, 0.2) is 0 Å². The van der Waals surface area contributed by atoms with Crippen molar-refractivity contribution in [2.75, 3.05) is 25.0 Å². The van der Waals surface area contributed by atoms with Crippen LogP contribution in [-0.4, -0.2) is 56.7 Å². The Kier molecular flexibility index (Phi) is 5.78. The minimum absolute atomic E-state index is 0.209. The summed E-state index contributed by atoms with van der Waals surface area (Å²) in [5, 5.41) is 9.54. The van der Waals surface area contributed by atoms with E-state index >= 15 is 0 Å². The van der Waals surface area contributed by atoms with Crippen molar-refractivity contribution in [3.8, 4) is 0 Å². The van der Waals surface area contributed by atoms with Crippen LogP contribution in [0.5, 0.6) is 0 Å². The highest BCUT2D eigenvalue weighted by Gasteiger charge is 2.21. The van der Waals surface area contributed by atoms with Crippen LogP contribution in [0.1, 0.15) is 31.4 Å². The molecule has 162 valence electrons. The van der Waals surface area contributed by atoms with Gasteiger partial charge in [0.05, 0.1) is 18.0 Å². The monoisotopic (exact) mass is 419 g/mol. The molecular weight excluding hydrogens is 390 g/mol. The molecule has 0 saturated carbocycles. The molecule has 0 fully saturated rings. The van der Waals surface area contributed by atoms with Crippen LogP contribution in [0.15, 0.2) is 42.9 Å². The number of carbonyl (C=O) groups is 1. The molecule has 1 atom stereocenters. The Morgan fingerprint density at radius 2 is 2.10 bits per heavy atom. The molecule has 1 N–H and O–H groups in total. The number of fused-ring (bicyclic) bond motifs is 1. The molecule has 0 bridgehead atoms. The third kappa shape index (κ3) is 4.05. The lowest BCUT2D eigenvalue weighted by molar-refractivity contribution is -0.138. The maximum absolute atomic E-state index is 12.0. The lowest BCUT2D eigenvalue weighted by Crippen LogP contribution is -2.40. The summed E-state index contributed by atoms with van der Waals surface area (Å²) in [6, 6.07) is 8.60. The van der Waals surface area contributed by atoms with E-state index in [1.54, 1.807) is 11.2 Å². The minimum Gasteiger partial charge on any atom is -0.384 e. The Morgan fingerprint density at radius 1 is 1.29 bits per heavy atom. The molecule has 3 heterocycles. The maximum atomic E-state index is 12.0. The van der Waals surface area contributed by atoms with E-state index in [9.17, 15) is 9.90 Å². The van der Waals surface area contributed by atoms with Gasteiger partial charge < -0.3 is 19.5 Å². The number of aromatic nitrogens is 3. The molecule has 2 aromatic heterocycles. The van der Waals surface area contributed by atoms with E-state index in [4.69, 9.17) is 0 Å². The minimum atomic E-state index is -0.948. The number of carbonyl (C=O) groups excluding carboxylic acids is 1. The SMILES string of the molecule is CCc1cc(C2=CCN(C(=O)[C@H](C)O)CC2)ccc1N(C)c1cc2c(cn1)ncn2C. The second kappa shape index (κ2) is 8.51. The lowest BCUT2D eigenvalue weighted by Gasteiger charge is -2.28. The molecule has 0 radical (unpaired) electrons. The number of aryl methyl sites for hydroxylation is 2. The highest BCUT2D eigenvalue weighted by Crippen LogP contribution is 2.32. The molecule has 0 unspecified atom stereocenters. The smallest absolute Gasteiger partial charge is 0.251 e. The predicted octanol–water partition coefficient (Wildman–Crippen LogP) is 3.30. The molecule has 31 heavy (non-hydrogen) atoms. The third-order valence-electron chi connectivity index (χ3n) is 6.01. The standard InChI is InChI=1S/C24H29N5O2/c1-5-17-12-19(18-8-10-29(11-9-18)24(31)16(2)30)6-7-21(17)28(4)23-13-22-20(14-25-23)26-15-27(22)3/h6-8,12-16,30H,5,9-11H2,1-4H3/t16-/m0/s1. The largest absolute Gasteiger partial charge is 0.384 e. The van der Waals surface area contributed by atoms with Crippen LogP contribution in [0, 0.1) is 0 Å². The first-order valence-corrected chi connectivity index (χ1v) is 10.7. The van der Waals surface area contributed by atoms with E-state index in [-0.39, 0.29) is 5.91 Å². The van der Waals surface area contributed by atoms with Crippen molar-refractivity contribution in [1.29, 1.82) is 0 Å². The van der Waals surface area contributed by atoms with Gasteiger partial charge in [-0.05, 0) is 48.6 Å². The second-order valence-electron chi connectivity index (χ2n) is 8.08. The molecule has 7 heteroatoms. The molecule has 7 nitrogen and oxygen atoms in total. The van der Waals surface area contributed by atoms with Crippen LogP contribution in [-0.2, 0) is 18.3 Å². The van der Waals surface area contributed by atoms with Gasteiger partial charge in [-0.15, -0.1) is 0 Å². The average molecular weight is 420 g/mol. The van der Waals surface area contributed by atoms with Gasteiger partial charge in [0, 0.05) is 38.9 Å². The number of anilines is 2. The molecule has 0 saturated heterocycles. The Hall–Kier alpha value is -3.19. The maximum Gasteiger partial charge on any atom is 0.251 e. The first-order valence-electron chi connectivity index (χ1n) is 10.7. The number of aliphatic hydroxyl groups is 1. The zero-order chi connectivity index (χ0) is 22.1. The van der Waals surface area contributed by atoms with Gasteiger partial charge in [0.1, 0.15) is 17.4 Å². The summed E-state index contributed by atoms with van der Waals surface area (Å²) in [4.78, 5) is 24.8. The average Bonchev–Trinajstić information content (AvgIpc) is 3.17. The van der Waals surface area contributed by atoms with Crippen molar-refractivity contribution in [2.45, 2.75) is 32.8 Å². The van der Waals surface area contributed by atoms with Gasteiger partial charge in [0.2, 0.25) is 0 Å². The van der Waals surface area contributed by atoms with Crippen LogP contribution >= 0.6 is 0 Å². The van der Waals surface area contributed by atoms with Crippen LogP contribution in [0.4, 0.5) is 11.5 Å². The number of rotatable bonds is 5. The number of amides is 1. The van der Waals surface area contributed by atoms with Crippen molar-refractivity contribution >= 4 is 34.0 Å². The number of hydrogen-bond acceptors (Lipinski definition) is 5. The van der Waals surface area contributed by atoms with E-state index in [0.29, 0.717) is 13.1 Å². The molecular formula is C24H29N5O2. The summed E-state index contributed by atoms with van der Waals surface area (Å²) >= 11 is 0. The molecule has 4 rings (SSSR count). The number of benzene rings is 1. The van der Waals surface area contributed by atoms with Crippen molar-refractivity contribution in [3.63, 3.8) is 0 Å². The Balaban J connectivity index is 1.59. The molecule has 3 aromatic rings. The molecule has 1 amide bonds. The highest BCUT2D eigenvalue weighted by atomic mass is 16.3. The van der Waals surface area contributed by atoms with E-state index in [2.05, 4.69) is 52.1 Å². The summed E-state index contributed by atoms with van der Waals surface area (Å²) < 4.78 is 2.00. The van der Waals surface area contributed by atoms with Crippen molar-refractivity contribution < 1.29 is 9.90 Å².